The fourth-order valence-corrected chi connectivity index (χ4v) is 3.89. The third kappa shape index (κ3) is 4.34. The first-order valence-corrected chi connectivity index (χ1v) is 8.98. The molecule has 2 aliphatic rings. The van der Waals surface area contributed by atoms with Crippen LogP contribution in [0.25, 0.3) is 0 Å². The molecule has 2 fully saturated rings. The van der Waals surface area contributed by atoms with Crippen LogP contribution in [0.3, 0.4) is 0 Å². The summed E-state index contributed by atoms with van der Waals surface area (Å²) in [7, 11) is 0. The normalized spacial score (nSPS) is 25.4. The SMILES string of the molecule is Cc1cc(NC(=O)CCN2CCCC2CN2CCCC2CO)no1. The molecule has 3 heterocycles. The standard InChI is InChI=1S/C17H28N4O3/c1-13-10-16(19-24-13)18-17(23)6-9-20-7-2-4-14(20)11-21-8-3-5-15(21)12-22/h10,14-15,22H,2-9,11-12H2,1H3,(H,18,19,23). The van der Waals surface area contributed by atoms with E-state index in [-0.39, 0.29) is 12.5 Å². The lowest BCUT2D eigenvalue weighted by Gasteiger charge is -2.31. The molecule has 1 aromatic heterocycles. The number of amides is 1. The Morgan fingerprint density at radius 3 is 2.79 bits per heavy atom. The second-order valence-electron chi connectivity index (χ2n) is 6.93. The highest BCUT2D eigenvalue weighted by Crippen LogP contribution is 2.23. The number of hydrogen-bond acceptors (Lipinski definition) is 6. The molecule has 1 amide bonds. The van der Waals surface area contributed by atoms with Crippen LogP contribution in [0.2, 0.25) is 0 Å². The Morgan fingerprint density at radius 2 is 2.08 bits per heavy atom. The highest BCUT2D eigenvalue weighted by Gasteiger charge is 2.31. The quantitative estimate of drug-likeness (QED) is 0.779. The molecule has 0 radical (unpaired) electrons. The van der Waals surface area contributed by atoms with E-state index in [4.69, 9.17) is 4.52 Å². The van der Waals surface area contributed by atoms with E-state index in [0.717, 1.165) is 32.6 Å². The van der Waals surface area contributed by atoms with Crippen molar-refractivity contribution < 1.29 is 14.4 Å². The predicted molar refractivity (Wildman–Crippen MR) is 90.8 cm³/mol. The number of aliphatic hydroxyl groups is 1. The van der Waals surface area contributed by atoms with E-state index in [1.54, 1.807) is 13.0 Å². The highest BCUT2D eigenvalue weighted by atomic mass is 16.5. The van der Waals surface area contributed by atoms with Crippen molar-refractivity contribution in [3.05, 3.63) is 11.8 Å². The molecule has 24 heavy (non-hydrogen) atoms. The molecule has 2 unspecified atom stereocenters. The van der Waals surface area contributed by atoms with Gasteiger partial charge in [0.05, 0.1) is 6.61 Å². The summed E-state index contributed by atoms with van der Waals surface area (Å²) >= 11 is 0. The number of aromatic nitrogens is 1. The number of anilines is 1. The Hall–Kier alpha value is -1.44. The molecule has 2 atom stereocenters. The van der Waals surface area contributed by atoms with E-state index in [1.165, 1.54) is 19.3 Å². The van der Waals surface area contributed by atoms with Gasteiger partial charge in [-0.1, -0.05) is 5.16 Å². The van der Waals surface area contributed by atoms with Gasteiger partial charge < -0.3 is 14.9 Å². The summed E-state index contributed by atoms with van der Waals surface area (Å²) < 4.78 is 4.95. The molecule has 2 N–H and O–H groups in total. The molecule has 2 saturated heterocycles. The van der Waals surface area contributed by atoms with E-state index in [0.29, 0.717) is 30.1 Å². The van der Waals surface area contributed by atoms with Gasteiger partial charge in [-0.2, -0.15) is 0 Å². The van der Waals surface area contributed by atoms with Crippen molar-refractivity contribution in [3.8, 4) is 0 Å². The zero-order valence-electron chi connectivity index (χ0n) is 14.4. The maximum atomic E-state index is 12.1. The molecule has 2 aliphatic heterocycles. The number of aliphatic hydroxyl groups excluding tert-OH is 1. The molecule has 0 bridgehead atoms. The minimum atomic E-state index is -0.0247. The van der Waals surface area contributed by atoms with Crippen molar-refractivity contribution in [2.24, 2.45) is 0 Å². The van der Waals surface area contributed by atoms with Crippen molar-refractivity contribution in [1.29, 1.82) is 0 Å². The van der Waals surface area contributed by atoms with Gasteiger partial charge in [0.25, 0.3) is 0 Å². The first-order chi connectivity index (χ1) is 11.7. The summed E-state index contributed by atoms with van der Waals surface area (Å²) in [6.07, 6.45) is 5.11. The fourth-order valence-electron chi connectivity index (χ4n) is 3.89. The van der Waals surface area contributed by atoms with E-state index in [1.807, 2.05) is 0 Å². The smallest absolute Gasteiger partial charge is 0.226 e. The van der Waals surface area contributed by atoms with Crippen molar-refractivity contribution in [2.45, 2.75) is 51.1 Å². The van der Waals surface area contributed by atoms with Gasteiger partial charge >= 0.3 is 0 Å². The molecule has 0 aromatic carbocycles. The number of carbonyl (C=O) groups is 1. The van der Waals surface area contributed by atoms with Crippen LogP contribution in [-0.4, -0.2) is 70.8 Å². The number of hydrogen-bond donors (Lipinski definition) is 2. The zero-order chi connectivity index (χ0) is 16.9. The third-order valence-electron chi connectivity index (χ3n) is 5.18. The molecular formula is C17H28N4O3. The van der Waals surface area contributed by atoms with Gasteiger partial charge in [-0.15, -0.1) is 0 Å². The van der Waals surface area contributed by atoms with Crippen LogP contribution in [0.1, 0.15) is 37.9 Å². The van der Waals surface area contributed by atoms with Crippen molar-refractivity contribution in [3.63, 3.8) is 0 Å². The molecule has 0 aliphatic carbocycles. The van der Waals surface area contributed by atoms with Crippen molar-refractivity contribution >= 4 is 11.7 Å². The van der Waals surface area contributed by atoms with Crippen LogP contribution in [-0.2, 0) is 4.79 Å². The average Bonchev–Trinajstić information content (AvgIpc) is 3.28. The van der Waals surface area contributed by atoms with E-state index in [9.17, 15) is 9.90 Å². The Bertz CT molecular complexity index is 548. The molecule has 3 rings (SSSR count). The van der Waals surface area contributed by atoms with E-state index in [2.05, 4.69) is 20.3 Å². The van der Waals surface area contributed by atoms with Crippen LogP contribution in [0.4, 0.5) is 5.82 Å². The summed E-state index contributed by atoms with van der Waals surface area (Å²) in [4.78, 5) is 16.9. The van der Waals surface area contributed by atoms with Gasteiger partial charge in [0.15, 0.2) is 5.82 Å². The fraction of sp³-hybridized carbons (Fsp3) is 0.765. The Morgan fingerprint density at radius 1 is 1.33 bits per heavy atom. The van der Waals surface area contributed by atoms with Gasteiger partial charge in [-0.25, -0.2) is 0 Å². The summed E-state index contributed by atoms with van der Waals surface area (Å²) in [6.45, 7) is 5.97. The van der Waals surface area contributed by atoms with Crippen LogP contribution in [0.15, 0.2) is 10.6 Å². The van der Waals surface area contributed by atoms with Gasteiger partial charge in [0.2, 0.25) is 5.91 Å². The minimum absolute atomic E-state index is 0.0247. The first kappa shape index (κ1) is 17.4. The van der Waals surface area contributed by atoms with E-state index >= 15 is 0 Å². The van der Waals surface area contributed by atoms with Gasteiger partial charge in [-0.05, 0) is 45.7 Å². The Kier molecular flexibility index (Phi) is 5.86. The lowest BCUT2D eigenvalue weighted by atomic mass is 10.1. The largest absolute Gasteiger partial charge is 0.395 e. The molecule has 0 saturated carbocycles. The van der Waals surface area contributed by atoms with Gasteiger partial charge in [0.1, 0.15) is 5.76 Å². The summed E-state index contributed by atoms with van der Waals surface area (Å²) in [6, 6.07) is 2.55. The number of likely N-dealkylation sites (tertiary alicyclic amines) is 2. The first-order valence-electron chi connectivity index (χ1n) is 8.98. The Labute approximate surface area is 143 Å². The lowest BCUT2D eigenvalue weighted by Crippen LogP contribution is -2.44. The zero-order valence-corrected chi connectivity index (χ0v) is 14.4. The van der Waals surface area contributed by atoms with Crippen LogP contribution >= 0.6 is 0 Å². The number of rotatable bonds is 7. The average molecular weight is 336 g/mol. The number of nitrogens with zero attached hydrogens (tertiary/aromatic N) is 3. The lowest BCUT2D eigenvalue weighted by molar-refractivity contribution is -0.116. The van der Waals surface area contributed by atoms with Crippen LogP contribution < -0.4 is 5.32 Å². The van der Waals surface area contributed by atoms with Crippen molar-refractivity contribution in [1.82, 2.24) is 15.0 Å². The van der Waals surface area contributed by atoms with Crippen LogP contribution in [0, 0.1) is 6.92 Å². The minimum Gasteiger partial charge on any atom is -0.395 e. The topological polar surface area (TPSA) is 81.8 Å². The number of aryl methyl sites for hydroxylation is 1. The predicted octanol–water partition coefficient (Wildman–Crippen LogP) is 1.23. The second-order valence-corrected chi connectivity index (χ2v) is 6.93. The molecular weight excluding hydrogens is 308 g/mol. The van der Waals surface area contributed by atoms with Gasteiger partial charge in [0, 0.05) is 37.7 Å². The molecule has 0 spiro atoms. The monoisotopic (exact) mass is 336 g/mol. The summed E-state index contributed by atoms with van der Waals surface area (Å²) in [5.74, 6) is 1.15. The number of nitrogens with one attached hydrogen (secondary N) is 1. The molecule has 7 heteroatoms. The summed E-state index contributed by atoms with van der Waals surface area (Å²) in [5.41, 5.74) is 0. The number of carbonyl (C=O) groups excluding carboxylic acids is 1. The summed E-state index contributed by atoms with van der Waals surface area (Å²) in [5, 5.41) is 16.0. The maximum Gasteiger partial charge on any atom is 0.226 e. The van der Waals surface area contributed by atoms with Crippen LogP contribution in [0.5, 0.6) is 0 Å². The van der Waals surface area contributed by atoms with E-state index < -0.39 is 0 Å². The maximum absolute atomic E-state index is 12.1. The Balaban J connectivity index is 1.44. The third-order valence-corrected chi connectivity index (χ3v) is 5.18. The highest BCUT2D eigenvalue weighted by molar-refractivity contribution is 5.89. The molecule has 1 aromatic rings. The molecule has 7 nitrogen and oxygen atoms in total. The van der Waals surface area contributed by atoms with Gasteiger partial charge in [-0.3, -0.25) is 14.6 Å². The second kappa shape index (κ2) is 8.09. The molecule has 134 valence electrons. The van der Waals surface area contributed by atoms with Crippen molar-refractivity contribution in [2.75, 3.05) is 38.1 Å².